The predicted octanol–water partition coefficient (Wildman–Crippen LogP) is 2.96. The van der Waals surface area contributed by atoms with Crippen LogP contribution in [0.2, 0.25) is 0 Å². The molecule has 9 heteroatoms. The predicted molar refractivity (Wildman–Crippen MR) is 119 cm³/mol. The maximum Gasteiger partial charge on any atom is 0.222 e. The van der Waals surface area contributed by atoms with E-state index in [0.717, 1.165) is 69.1 Å². The van der Waals surface area contributed by atoms with Crippen LogP contribution in [0.4, 0.5) is 16.2 Å². The first kappa shape index (κ1) is 23.6. The van der Waals surface area contributed by atoms with Gasteiger partial charge in [-0.1, -0.05) is 12.1 Å². The lowest BCUT2D eigenvalue weighted by atomic mass is 9.78. The second-order valence-corrected chi connectivity index (χ2v) is 7.68. The number of benzene rings is 1. The number of nitrogens with zero attached hydrogens (tertiary/aromatic N) is 4. The number of rotatable bonds is 4. The molecule has 0 amide bonds. The molecule has 1 saturated carbocycles. The molecule has 0 unspecified atom stereocenters. The molecule has 0 atom stereocenters. The number of nitrogen functional groups attached to an aromatic ring is 1. The third kappa shape index (κ3) is 5.92. The molecule has 2 aliphatic rings. The van der Waals surface area contributed by atoms with Crippen molar-refractivity contribution in [3.8, 4) is 0 Å². The molecule has 29 heavy (non-hydrogen) atoms. The molecule has 4 rings (SSSR count). The Morgan fingerprint density at radius 3 is 2.55 bits per heavy atom. The highest BCUT2D eigenvalue weighted by Crippen LogP contribution is 2.36. The van der Waals surface area contributed by atoms with Crippen LogP contribution in [0.15, 0.2) is 30.3 Å². The van der Waals surface area contributed by atoms with Gasteiger partial charge in [0.15, 0.2) is 0 Å². The molecule has 2 aromatic rings. The lowest BCUT2D eigenvalue weighted by Crippen LogP contribution is -2.35. The van der Waals surface area contributed by atoms with Crippen LogP contribution in [0, 0.1) is 5.82 Å². The number of nitrogens with two attached hydrogens (primary N) is 2. The van der Waals surface area contributed by atoms with Crippen LogP contribution in [-0.2, 0) is 6.54 Å². The summed E-state index contributed by atoms with van der Waals surface area (Å²) in [4.78, 5) is 13.5. The van der Waals surface area contributed by atoms with E-state index in [1.165, 1.54) is 6.07 Å². The number of aromatic nitrogens is 2. The van der Waals surface area contributed by atoms with Crippen LogP contribution in [0.25, 0.3) is 0 Å². The normalized spacial score (nSPS) is 22.1. The van der Waals surface area contributed by atoms with Crippen molar-refractivity contribution in [2.45, 2.75) is 37.8 Å². The lowest BCUT2D eigenvalue weighted by molar-refractivity contribution is 0.285. The van der Waals surface area contributed by atoms with E-state index < -0.39 is 0 Å². The smallest absolute Gasteiger partial charge is 0.222 e. The third-order valence-corrected chi connectivity index (χ3v) is 5.55. The van der Waals surface area contributed by atoms with E-state index in [2.05, 4.69) is 25.8 Å². The Bertz CT molecular complexity index is 802. The molecule has 1 aliphatic carbocycles. The second kappa shape index (κ2) is 10.4. The minimum absolute atomic E-state index is 0. The first-order chi connectivity index (χ1) is 13.1. The van der Waals surface area contributed by atoms with Gasteiger partial charge in [-0.3, -0.25) is 4.90 Å². The van der Waals surface area contributed by atoms with Gasteiger partial charge in [0.05, 0.1) is 5.69 Å². The average Bonchev–Trinajstić information content (AvgIpc) is 2.84. The third-order valence-electron chi connectivity index (χ3n) is 5.55. The summed E-state index contributed by atoms with van der Waals surface area (Å²) in [5.74, 6) is 1.47. The van der Waals surface area contributed by atoms with E-state index in [1.54, 1.807) is 12.1 Å². The van der Waals surface area contributed by atoms with Gasteiger partial charge in [0.25, 0.3) is 0 Å². The molecule has 1 saturated heterocycles. The van der Waals surface area contributed by atoms with Gasteiger partial charge in [-0.2, -0.15) is 4.98 Å². The molecule has 4 N–H and O–H groups in total. The van der Waals surface area contributed by atoms with Gasteiger partial charge in [0.1, 0.15) is 11.6 Å². The number of halogens is 3. The van der Waals surface area contributed by atoms with Gasteiger partial charge in [-0.05, 0) is 37.0 Å². The van der Waals surface area contributed by atoms with Gasteiger partial charge < -0.3 is 16.4 Å². The quantitative estimate of drug-likeness (QED) is 0.756. The van der Waals surface area contributed by atoms with Crippen molar-refractivity contribution in [1.82, 2.24) is 14.9 Å². The fourth-order valence-electron chi connectivity index (χ4n) is 4.00. The first-order valence-electron chi connectivity index (χ1n) is 9.68. The summed E-state index contributed by atoms with van der Waals surface area (Å²) in [5, 5.41) is 0. The Hall–Kier alpha value is -1.67. The van der Waals surface area contributed by atoms with E-state index >= 15 is 0 Å². The summed E-state index contributed by atoms with van der Waals surface area (Å²) >= 11 is 0. The lowest BCUT2D eigenvalue weighted by Gasteiger charge is -2.32. The molecule has 2 heterocycles. The number of anilines is 2. The fraction of sp³-hybridized carbons (Fsp3) is 0.500. The monoisotopic (exact) mass is 442 g/mol. The van der Waals surface area contributed by atoms with Crippen molar-refractivity contribution in [3.05, 3.63) is 47.4 Å². The summed E-state index contributed by atoms with van der Waals surface area (Å²) in [6.07, 6.45) is 2.97. The average molecular weight is 443 g/mol. The molecule has 0 bridgehead atoms. The van der Waals surface area contributed by atoms with Gasteiger partial charge in [-0.25, -0.2) is 9.37 Å². The second-order valence-electron chi connectivity index (χ2n) is 7.68. The van der Waals surface area contributed by atoms with E-state index in [1.807, 2.05) is 6.07 Å². The maximum absolute atomic E-state index is 13.4. The van der Waals surface area contributed by atoms with Crippen LogP contribution in [0.3, 0.4) is 0 Å². The Kier molecular flexibility index (Phi) is 8.46. The van der Waals surface area contributed by atoms with Crippen molar-refractivity contribution in [3.63, 3.8) is 0 Å². The number of hydrogen-bond acceptors (Lipinski definition) is 6. The van der Waals surface area contributed by atoms with Crippen molar-refractivity contribution in [2.75, 3.05) is 36.8 Å². The minimum atomic E-state index is -0.177. The molecule has 1 aromatic heterocycles. The van der Waals surface area contributed by atoms with E-state index in [-0.39, 0.29) is 36.7 Å². The molecule has 6 nitrogen and oxygen atoms in total. The highest BCUT2D eigenvalue weighted by molar-refractivity contribution is 5.85. The molecular weight excluding hydrogens is 414 g/mol. The zero-order chi connectivity index (χ0) is 18.8. The van der Waals surface area contributed by atoms with E-state index in [4.69, 9.17) is 11.5 Å². The summed E-state index contributed by atoms with van der Waals surface area (Å²) in [6, 6.07) is 9.21. The van der Waals surface area contributed by atoms with Crippen molar-refractivity contribution < 1.29 is 4.39 Å². The minimum Gasteiger partial charge on any atom is -0.368 e. The SMILES string of the molecule is Cl.Cl.Nc1nc(C2CC(N)C2)cc(N2CCCN(Cc3cccc(F)c3)CC2)n1. The fourth-order valence-corrected chi connectivity index (χ4v) is 4.00. The Labute approximate surface area is 183 Å². The van der Waals surface area contributed by atoms with Crippen LogP contribution in [0.5, 0.6) is 0 Å². The van der Waals surface area contributed by atoms with Crippen LogP contribution < -0.4 is 16.4 Å². The standard InChI is InChI=1S/C20H27FN6.2ClH/c21-16-4-1-3-14(9-16)13-26-5-2-6-27(8-7-26)19-12-18(24-20(23)25-19)15-10-17(22)11-15;;/h1,3-4,9,12,15,17H,2,5-8,10-11,13,22H2,(H2,23,24,25);2*1H. The Morgan fingerprint density at radius 2 is 1.83 bits per heavy atom. The summed E-state index contributed by atoms with van der Waals surface area (Å²) in [5.41, 5.74) is 13.9. The Balaban J connectivity index is 0.00000150. The van der Waals surface area contributed by atoms with Crippen molar-refractivity contribution in [1.29, 1.82) is 0 Å². The number of hydrogen-bond donors (Lipinski definition) is 2. The molecule has 2 fully saturated rings. The van der Waals surface area contributed by atoms with Crippen molar-refractivity contribution >= 4 is 36.6 Å². The molecule has 1 aromatic carbocycles. The highest BCUT2D eigenvalue weighted by atomic mass is 35.5. The highest BCUT2D eigenvalue weighted by Gasteiger charge is 2.29. The van der Waals surface area contributed by atoms with Crippen LogP contribution in [-0.4, -0.2) is 47.1 Å². The molecule has 160 valence electrons. The van der Waals surface area contributed by atoms with Crippen LogP contribution in [0.1, 0.15) is 36.4 Å². The summed E-state index contributed by atoms with van der Waals surface area (Å²) < 4.78 is 13.4. The van der Waals surface area contributed by atoms with Gasteiger partial charge >= 0.3 is 0 Å². The Morgan fingerprint density at radius 1 is 1.03 bits per heavy atom. The first-order valence-corrected chi connectivity index (χ1v) is 9.68. The van der Waals surface area contributed by atoms with E-state index in [9.17, 15) is 4.39 Å². The molecule has 1 aliphatic heterocycles. The summed E-state index contributed by atoms with van der Waals surface area (Å²) in [6.45, 7) is 4.46. The molecule has 0 radical (unpaired) electrons. The van der Waals surface area contributed by atoms with Crippen molar-refractivity contribution in [2.24, 2.45) is 5.73 Å². The van der Waals surface area contributed by atoms with Crippen LogP contribution >= 0.6 is 24.8 Å². The van der Waals surface area contributed by atoms with Gasteiger partial charge in [0, 0.05) is 50.7 Å². The maximum atomic E-state index is 13.4. The van der Waals surface area contributed by atoms with Gasteiger partial charge in [-0.15, -0.1) is 24.8 Å². The molecule has 0 spiro atoms. The molecular formula is C20H29Cl2FN6. The largest absolute Gasteiger partial charge is 0.368 e. The zero-order valence-corrected chi connectivity index (χ0v) is 18.0. The van der Waals surface area contributed by atoms with Gasteiger partial charge in [0.2, 0.25) is 5.95 Å². The zero-order valence-electron chi connectivity index (χ0n) is 16.3. The topological polar surface area (TPSA) is 84.3 Å². The van der Waals surface area contributed by atoms with E-state index in [0.29, 0.717) is 11.9 Å². The summed E-state index contributed by atoms with van der Waals surface area (Å²) in [7, 11) is 0.